The largest absolute Gasteiger partial charge is 0.379 e. The van der Waals surface area contributed by atoms with Crippen molar-refractivity contribution in [1.29, 1.82) is 0 Å². The molecular weight excluding hydrogens is 453 g/mol. The molecule has 0 spiro atoms. The molecule has 0 aliphatic carbocycles. The van der Waals surface area contributed by atoms with Crippen LogP contribution in [-0.2, 0) is 4.74 Å². The minimum atomic E-state index is 0. The van der Waals surface area contributed by atoms with Crippen LogP contribution in [-0.4, -0.2) is 87.9 Å². The highest BCUT2D eigenvalue weighted by Gasteiger charge is 2.23. The molecule has 2 saturated heterocycles. The molecule has 0 aromatic carbocycles. The number of rotatable bonds is 8. The van der Waals surface area contributed by atoms with Gasteiger partial charge in [-0.05, 0) is 44.2 Å². The Balaban J connectivity index is 0.00000364. The number of likely N-dealkylation sites (tertiary alicyclic amines) is 1. The van der Waals surface area contributed by atoms with Crippen LogP contribution in [0.5, 0.6) is 0 Å². The quantitative estimate of drug-likeness (QED) is 0.234. The highest BCUT2D eigenvalue weighted by molar-refractivity contribution is 14.0. The molecule has 2 unspecified atom stereocenters. The molecule has 0 aromatic rings. The summed E-state index contributed by atoms with van der Waals surface area (Å²) in [6, 6.07) is 0.521. The van der Waals surface area contributed by atoms with E-state index >= 15 is 0 Å². The molecule has 0 saturated carbocycles. The average molecular weight is 495 g/mol. The van der Waals surface area contributed by atoms with Gasteiger partial charge in [0, 0.05) is 45.8 Å². The van der Waals surface area contributed by atoms with E-state index in [4.69, 9.17) is 4.74 Å². The van der Waals surface area contributed by atoms with E-state index in [1.54, 1.807) is 0 Å². The zero-order valence-corrected chi connectivity index (χ0v) is 20.2. The fraction of sp³-hybridized carbons (Fsp3) is 0.950. The number of ether oxygens (including phenoxy) is 1. The van der Waals surface area contributed by atoms with Crippen LogP contribution < -0.4 is 10.6 Å². The number of hydrogen-bond donors (Lipinski definition) is 2. The lowest BCUT2D eigenvalue weighted by Crippen LogP contribution is -2.52. The normalized spacial score (nSPS) is 23.7. The molecule has 7 heteroatoms. The molecule has 2 rings (SSSR count). The Hall–Kier alpha value is -0.120. The third-order valence-electron chi connectivity index (χ3n) is 5.67. The van der Waals surface area contributed by atoms with E-state index in [0.717, 1.165) is 51.3 Å². The van der Waals surface area contributed by atoms with Crippen molar-refractivity contribution < 1.29 is 4.74 Å². The van der Waals surface area contributed by atoms with Crippen LogP contribution in [0.4, 0.5) is 0 Å². The molecule has 0 bridgehead atoms. The van der Waals surface area contributed by atoms with E-state index in [9.17, 15) is 0 Å². The van der Waals surface area contributed by atoms with Gasteiger partial charge in [0.1, 0.15) is 0 Å². The maximum Gasteiger partial charge on any atom is 0.191 e. The van der Waals surface area contributed by atoms with E-state index < -0.39 is 0 Å². The van der Waals surface area contributed by atoms with Crippen molar-refractivity contribution in [3.8, 4) is 0 Å². The van der Waals surface area contributed by atoms with Gasteiger partial charge in [0.2, 0.25) is 0 Å². The molecule has 160 valence electrons. The molecule has 2 fully saturated rings. The molecule has 2 aliphatic heterocycles. The van der Waals surface area contributed by atoms with Crippen LogP contribution in [0.3, 0.4) is 0 Å². The average Bonchev–Trinajstić information content (AvgIpc) is 2.64. The van der Waals surface area contributed by atoms with Crippen LogP contribution in [0.2, 0.25) is 0 Å². The molecule has 6 nitrogen and oxygen atoms in total. The van der Waals surface area contributed by atoms with E-state index in [0.29, 0.717) is 12.0 Å². The Bertz CT molecular complexity index is 415. The van der Waals surface area contributed by atoms with Crippen molar-refractivity contribution in [3.63, 3.8) is 0 Å². The van der Waals surface area contributed by atoms with Crippen LogP contribution in [0.25, 0.3) is 0 Å². The van der Waals surface area contributed by atoms with Gasteiger partial charge in [-0.15, -0.1) is 24.0 Å². The van der Waals surface area contributed by atoms with Gasteiger partial charge in [-0.2, -0.15) is 0 Å². The third kappa shape index (κ3) is 9.28. The van der Waals surface area contributed by atoms with Gasteiger partial charge >= 0.3 is 0 Å². The van der Waals surface area contributed by atoms with Crippen molar-refractivity contribution in [1.82, 2.24) is 20.4 Å². The summed E-state index contributed by atoms with van der Waals surface area (Å²) in [5.74, 6) is 2.40. The maximum absolute atomic E-state index is 5.50. The van der Waals surface area contributed by atoms with Crippen molar-refractivity contribution >= 4 is 29.9 Å². The molecule has 27 heavy (non-hydrogen) atoms. The number of halogens is 1. The summed E-state index contributed by atoms with van der Waals surface area (Å²) in [5, 5.41) is 7.02. The summed E-state index contributed by atoms with van der Waals surface area (Å²) in [7, 11) is 1.86. The topological polar surface area (TPSA) is 52.1 Å². The first kappa shape index (κ1) is 24.9. The summed E-state index contributed by atoms with van der Waals surface area (Å²) < 4.78 is 5.50. The summed E-state index contributed by atoms with van der Waals surface area (Å²) in [6.45, 7) is 16.4. The number of piperidine rings is 1. The van der Waals surface area contributed by atoms with Crippen molar-refractivity contribution in [2.45, 2.75) is 46.1 Å². The lowest BCUT2D eigenvalue weighted by Gasteiger charge is -2.37. The van der Waals surface area contributed by atoms with E-state index in [1.807, 2.05) is 7.05 Å². The number of nitrogens with zero attached hydrogens (tertiary/aromatic N) is 3. The van der Waals surface area contributed by atoms with Crippen molar-refractivity contribution in [3.05, 3.63) is 0 Å². The number of nitrogens with one attached hydrogen (secondary N) is 2. The van der Waals surface area contributed by atoms with Crippen molar-refractivity contribution in [2.24, 2.45) is 16.8 Å². The van der Waals surface area contributed by atoms with E-state index in [-0.39, 0.29) is 24.0 Å². The van der Waals surface area contributed by atoms with Gasteiger partial charge in [0.15, 0.2) is 5.96 Å². The summed E-state index contributed by atoms with van der Waals surface area (Å²) in [4.78, 5) is 9.56. The molecular formula is C20H42IN5O. The fourth-order valence-corrected chi connectivity index (χ4v) is 4.12. The van der Waals surface area contributed by atoms with Crippen LogP contribution in [0.1, 0.15) is 40.0 Å². The highest BCUT2D eigenvalue weighted by Crippen LogP contribution is 2.15. The second-order valence-electron chi connectivity index (χ2n) is 8.24. The first-order valence-corrected chi connectivity index (χ1v) is 10.6. The van der Waals surface area contributed by atoms with Gasteiger partial charge in [-0.25, -0.2) is 0 Å². The SMILES string of the molecule is CN=C(NCCCN1CCCC(C)C1)NCC(C(C)C)N1CCOCC1.I. The van der Waals surface area contributed by atoms with Crippen LogP contribution in [0.15, 0.2) is 4.99 Å². The number of morpholine rings is 1. The minimum absolute atomic E-state index is 0. The lowest BCUT2D eigenvalue weighted by molar-refractivity contribution is 0.00752. The minimum Gasteiger partial charge on any atom is -0.379 e. The predicted molar refractivity (Wildman–Crippen MR) is 125 cm³/mol. The number of aliphatic imine (C=N–C) groups is 1. The smallest absolute Gasteiger partial charge is 0.191 e. The standard InChI is InChI=1S/C20H41N5O.HI/c1-17(2)19(25-11-13-26-14-12-25)15-23-20(21-4)22-8-6-10-24-9-5-7-18(3)16-24;/h17-19H,5-16H2,1-4H3,(H2,21,22,23);1H. The number of hydrogen-bond acceptors (Lipinski definition) is 4. The van der Waals surface area contributed by atoms with Gasteiger partial charge in [0.25, 0.3) is 0 Å². The Labute approximate surface area is 183 Å². The van der Waals surface area contributed by atoms with Gasteiger partial charge in [0.05, 0.1) is 13.2 Å². The number of guanidine groups is 1. The second-order valence-corrected chi connectivity index (χ2v) is 8.24. The Morgan fingerprint density at radius 2 is 1.93 bits per heavy atom. The molecule has 0 amide bonds. The van der Waals surface area contributed by atoms with Crippen LogP contribution in [0, 0.1) is 11.8 Å². The van der Waals surface area contributed by atoms with Gasteiger partial charge in [-0.3, -0.25) is 9.89 Å². The second kappa shape index (κ2) is 14.0. The monoisotopic (exact) mass is 495 g/mol. The zero-order valence-electron chi connectivity index (χ0n) is 17.9. The summed E-state index contributed by atoms with van der Waals surface area (Å²) in [5.41, 5.74) is 0. The molecule has 0 aromatic heterocycles. The molecule has 2 heterocycles. The Morgan fingerprint density at radius 1 is 1.19 bits per heavy atom. The first-order valence-electron chi connectivity index (χ1n) is 10.6. The molecule has 2 aliphatic rings. The summed E-state index contributed by atoms with van der Waals surface area (Å²) in [6.07, 6.45) is 3.92. The van der Waals surface area contributed by atoms with Crippen LogP contribution >= 0.6 is 24.0 Å². The third-order valence-corrected chi connectivity index (χ3v) is 5.67. The first-order chi connectivity index (χ1) is 12.6. The van der Waals surface area contributed by atoms with E-state index in [1.165, 1.54) is 38.9 Å². The van der Waals surface area contributed by atoms with Crippen molar-refractivity contribution in [2.75, 3.05) is 66.1 Å². The van der Waals surface area contributed by atoms with Gasteiger partial charge in [-0.1, -0.05) is 20.8 Å². The molecule has 0 radical (unpaired) electrons. The molecule has 2 atom stereocenters. The summed E-state index contributed by atoms with van der Waals surface area (Å²) >= 11 is 0. The highest BCUT2D eigenvalue weighted by atomic mass is 127. The lowest BCUT2D eigenvalue weighted by atomic mass is 10.0. The Morgan fingerprint density at radius 3 is 2.56 bits per heavy atom. The zero-order chi connectivity index (χ0) is 18.8. The van der Waals surface area contributed by atoms with Gasteiger partial charge < -0.3 is 20.3 Å². The van der Waals surface area contributed by atoms with E-state index in [2.05, 4.69) is 46.2 Å². The fourth-order valence-electron chi connectivity index (χ4n) is 4.12. The molecule has 2 N–H and O–H groups in total. The Kier molecular flexibility index (Phi) is 12.9. The maximum atomic E-state index is 5.50. The predicted octanol–water partition coefficient (Wildman–Crippen LogP) is 2.25.